The van der Waals surface area contributed by atoms with Crippen molar-refractivity contribution in [3.05, 3.63) is 63.4 Å². The molecule has 0 spiro atoms. The summed E-state index contributed by atoms with van der Waals surface area (Å²) < 4.78 is 40.6. The highest BCUT2D eigenvalue weighted by molar-refractivity contribution is 9.10. The average molecular weight is 344 g/mol. The lowest BCUT2D eigenvalue weighted by Gasteiger charge is -2.18. The fraction of sp³-hybridized carbons (Fsp3) is 0.200. The van der Waals surface area contributed by atoms with E-state index >= 15 is 0 Å². The molecule has 1 unspecified atom stereocenters. The van der Waals surface area contributed by atoms with Gasteiger partial charge in [0.25, 0.3) is 0 Å². The lowest BCUT2D eigenvalue weighted by atomic mass is 10.1. The molecule has 0 aliphatic carbocycles. The second kappa shape index (κ2) is 5.87. The van der Waals surface area contributed by atoms with E-state index < -0.39 is 17.7 Å². The molecule has 2 aromatic carbocycles. The van der Waals surface area contributed by atoms with Crippen LogP contribution in [0.5, 0.6) is 0 Å². The predicted octanol–water partition coefficient (Wildman–Crippen LogP) is 5.35. The van der Waals surface area contributed by atoms with Gasteiger partial charge in [-0.25, -0.2) is 13.2 Å². The Balaban J connectivity index is 2.30. The molecule has 0 bridgehead atoms. The highest BCUT2D eigenvalue weighted by Crippen LogP contribution is 2.28. The van der Waals surface area contributed by atoms with Gasteiger partial charge in [-0.1, -0.05) is 0 Å². The Morgan fingerprint density at radius 3 is 2.45 bits per heavy atom. The van der Waals surface area contributed by atoms with Crippen LogP contribution in [-0.4, -0.2) is 0 Å². The third kappa shape index (κ3) is 3.15. The van der Waals surface area contributed by atoms with E-state index in [0.29, 0.717) is 15.7 Å². The summed E-state index contributed by atoms with van der Waals surface area (Å²) in [6, 6.07) is 5.84. The van der Waals surface area contributed by atoms with Gasteiger partial charge in [0.2, 0.25) is 0 Å². The molecule has 0 amide bonds. The molecule has 1 atom stereocenters. The zero-order valence-corrected chi connectivity index (χ0v) is 12.6. The van der Waals surface area contributed by atoms with Crippen LogP contribution >= 0.6 is 15.9 Å². The first-order valence-corrected chi connectivity index (χ1v) is 6.85. The molecule has 106 valence electrons. The minimum atomic E-state index is -0.493. The second-order valence-corrected chi connectivity index (χ2v) is 5.47. The third-order valence-electron chi connectivity index (χ3n) is 3.06. The van der Waals surface area contributed by atoms with Crippen molar-refractivity contribution in [3.63, 3.8) is 0 Å². The molecule has 0 saturated carbocycles. The van der Waals surface area contributed by atoms with Crippen molar-refractivity contribution in [2.75, 3.05) is 5.32 Å². The molecule has 20 heavy (non-hydrogen) atoms. The Morgan fingerprint density at radius 2 is 1.75 bits per heavy atom. The first-order valence-electron chi connectivity index (χ1n) is 6.05. The molecular weight excluding hydrogens is 331 g/mol. The third-order valence-corrected chi connectivity index (χ3v) is 3.67. The molecule has 1 N–H and O–H groups in total. The van der Waals surface area contributed by atoms with E-state index in [0.717, 1.165) is 18.2 Å². The van der Waals surface area contributed by atoms with E-state index in [9.17, 15) is 13.2 Å². The summed E-state index contributed by atoms with van der Waals surface area (Å²) in [7, 11) is 0. The van der Waals surface area contributed by atoms with Crippen LogP contribution in [-0.2, 0) is 0 Å². The van der Waals surface area contributed by atoms with Crippen LogP contribution < -0.4 is 5.32 Å². The highest BCUT2D eigenvalue weighted by atomic mass is 79.9. The van der Waals surface area contributed by atoms with Gasteiger partial charge in [0.1, 0.15) is 17.5 Å². The molecule has 1 nitrogen and oxygen atoms in total. The van der Waals surface area contributed by atoms with Crippen LogP contribution in [0.1, 0.15) is 24.1 Å². The van der Waals surface area contributed by atoms with Crippen molar-refractivity contribution < 1.29 is 13.2 Å². The van der Waals surface area contributed by atoms with Crippen molar-refractivity contribution in [1.82, 2.24) is 0 Å². The first-order chi connectivity index (χ1) is 9.38. The zero-order chi connectivity index (χ0) is 14.9. The van der Waals surface area contributed by atoms with Gasteiger partial charge in [-0.05, 0) is 65.7 Å². The lowest BCUT2D eigenvalue weighted by molar-refractivity contribution is 0.577. The molecule has 2 aromatic rings. The topological polar surface area (TPSA) is 12.0 Å². The summed E-state index contributed by atoms with van der Waals surface area (Å²) in [4.78, 5) is 0. The van der Waals surface area contributed by atoms with Gasteiger partial charge >= 0.3 is 0 Å². The molecule has 0 saturated heterocycles. The van der Waals surface area contributed by atoms with Crippen LogP contribution in [0.3, 0.4) is 0 Å². The van der Waals surface area contributed by atoms with Crippen LogP contribution in [0.2, 0.25) is 0 Å². The second-order valence-electron chi connectivity index (χ2n) is 4.61. The van der Waals surface area contributed by atoms with E-state index in [2.05, 4.69) is 21.2 Å². The maximum absolute atomic E-state index is 13.7. The SMILES string of the molecule is Cc1cc(F)c(Br)cc1NC(C)c1cc(F)ccc1F. The molecule has 0 aliphatic rings. The summed E-state index contributed by atoms with van der Waals surface area (Å²) in [6.45, 7) is 3.46. The quantitative estimate of drug-likeness (QED) is 0.792. The van der Waals surface area contributed by atoms with Crippen molar-refractivity contribution in [3.8, 4) is 0 Å². The molecule has 0 aliphatic heterocycles. The van der Waals surface area contributed by atoms with E-state index in [1.54, 1.807) is 19.9 Å². The highest BCUT2D eigenvalue weighted by Gasteiger charge is 2.14. The van der Waals surface area contributed by atoms with Gasteiger partial charge in [0.05, 0.1) is 10.5 Å². The summed E-state index contributed by atoms with van der Waals surface area (Å²) in [5.74, 6) is -1.34. The molecule has 0 fully saturated rings. The molecule has 0 radical (unpaired) electrons. The maximum atomic E-state index is 13.7. The Kier molecular flexibility index (Phi) is 4.38. The number of aryl methyl sites for hydroxylation is 1. The largest absolute Gasteiger partial charge is 0.378 e. The molecule has 0 aromatic heterocycles. The molecule has 2 rings (SSSR count). The minimum absolute atomic E-state index is 0.227. The Morgan fingerprint density at radius 1 is 1.05 bits per heavy atom. The monoisotopic (exact) mass is 343 g/mol. The molecule has 5 heteroatoms. The number of halogens is 4. The summed E-state index contributed by atoms with van der Waals surface area (Å²) in [6.07, 6.45) is 0. The fourth-order valence-electron chi connectivity index (χ4n) is 1.96. The van der Waals surface area contributed by atoms with Crippen molar-refractivity contribution in [2.45, 2.75) is 19.9 Å². The number of hydrogen-bond acceptors (Lipinski definition) is 1. The van der Waals surface area contributed by atoms with Crippen LogP contribution in [0.15, 0.2) is 34.8 Å². The lowest BCUT2D eigenvalue weighted by Crippen LogP contribution is -2.10. The standard InChI is InChI=1S/C15H13BrF3N/c1-8-5-14(19)12(16)7-15(8)20-9(2)11-6-10(17)3-4-13(11)18/h3-7,9,20H,1-2H3. The van der Waals surface area contributed by atoms with Crippen molar-refractivity contribution >= 4 is 21.6 Å². The van der Waals surface area contributed by atoms with E-state index in [1.807, 2.05) is 0 Å². The van der Waals surface area contributed by atoms with Crippen molar-refractivity contribution in [1.29, 1.82) is 0 Å². The molecule has 0 heterocycles. The van der Waals surface area contributed by atoms with Gasteiger partial charge in [0.15, 0.2) is 0 Å². The van der Waals surface area contributed by atoms with Crippen molar-refractivity contribution in [2.24, 2.45) is 0 Å². The van der Waals surface area contributed by atoms with Gasteiger partial charge in [-0.15, -0.1) is 0 Å². The van der Waals surface area contributed by atoms with Crippen LogP contribution in [0.4, 0.5) is 18.9 Å². The summed E-state index contributed by atoms with van der Waals surface area (Å²) in [5.41, 5.74) is 1.58. The number of rotatable bonds is 3. The van der Waals surface area contributed by atoms with Gasteiger partial charge < -0.3 is 5.32 Å². The Hall–Kier alpha value is -1.49. The maximum Gasteiger partial charge on any atom is 0.137 e. The zero-order valence-electron chi connectivity index (χ0n) is 11.0. The van der Waals surface area contributed by atoms with Crippen LogP contribution in [0, 0.1) is 24.4 Å². The first kappa shape index (κ1) is 14.9. The number of nitrogens with one attached hydrogen (secondary N) is 1. The van der Waals surface area contributed by atoms with Gasteiger partial charge in [-0.2, -0.15) is 0 Å². The fourth-order valence-corrected chi connectivity index (χ4v) is 2.30. The minimum Gasteiger partial charge on any atom is -0.378 e. The number of benzene rings is 2. The average Bonchev–Trinajstić information content (AvgIpc) is 2.38. The Labute approximate surface area is 123 Å². The van der Waals surface area contributed by atoms with E-state index in [4.69, 9.17) is 0 Å². The van der Waals surface area contributed by atoms with E-state index in [-0.39, 0.29) is 11.4 Å². The smallest absolute Gasteiger partial charge is 0.137 e. The van der Waals surface area contributed by atoms with Gasteiger partial charge in [0, 0.05) is 11.3 Å². The predicted molar refractivity (Wildman–Crippen MR) is 77.2 cm³/mol. The van der Waals surface area contributed by atoms with E-state index in [1.165, 1.54) is 6.07 Å². The van der Waals surface area contributed by atoms with Crippen LogP contribution in [0.25, 0.3) is 0 Å². The normalized spacial score (nSPS) is 12.3. The number of anilines is 1. The van der Waals surface area contributed by atoms with Gasteiger partial charge in [-0.3, -0.25) is 0 Å². The number of hydrogen-bond donors (Lipinski definition) is 1. The Bertz CT molecular complexity index is 643. The summed E-state index contributed by atoms with van der Waals surface area (Å²) in [5, 5.41) is 3.06. The molecular formula is C15H13BrF3N. The summed E-state index contributed by atoms with van der Waals surface area (Å²) >= 11 is 3.10.